The zero-order valence-corrected chi connectivity index (χ0v) is 16.1. The van der Waals surface area contributed by atoms with E-state index in [0.29, 0.717) is 37.4 Å². The number of nitrogens with one attached hydrogen (secondary N) is 1. The van der Waals surface area contributed by atoms with Gasteiger partial charge < -0.3 is 14.8 Å². The minimum atomic E-state index is -3.60. The zero-order valence-electron chi connectivity index (χ0n) is 15.3. The number of rotatable bonds is 6. The summed E-state index contributed by atoms with van der Waals surface area (Å²) in [5.74, 6) is 0.929. The average molecular weight is 394 g/mol. The van der Waals surface area contributed by atoms with Crippen LogP contribution in [0.15, 0.2) is 47.4 Å². The van der Waals surface area contributed by atoms with Crippen LogP contribution in [0.2, 0.25) is 0 Å². The van der Waals surface area contributed by atoms with Crippen molar-refractivity contribution in [1.29, 1.82) is 0 Å². The van der Waals surface area contributed by atoms with Gasteiger partial charge in [-0.05, 0) is 49.2 Å². The molecule has 0 aliphatic carbocycles. The maximum atomic E-state index is 13.1. The molecule has 0 unspecified atom stereocenters. The normalized spacial score (nSPS) is 16.1. The smallest absolute Gasteiger partial charge is 0.243 e. The van der Waals surface area contributed by atoms with Gasteiger partial charge in [-0.25, -0.2) is 12.8 Å². The van der Waals surface area contributed by atoms with Crippen molar-refractivity contribution in [2.24, 2.45) is 0 Å². The van der Waals surface area contributed by atoms with Gasteiger partial charge in [0.1, 0.15) is 17.3 Å². The molecule has 1 fully saturated rings. The van der Waals surface area contributed by atoms with Gasteiger partial charge in [-0.1, -0.05) is 0 Å². The lowest BCUT2D eigenvalue weighted by atomic mass is 10.1. The molecule has 3 rings (SSSR count). The molecule has 8 heteroatoms. The summed E-state index contributed by atoms with van der Waals surface area (Å²) in [6.45, 7) is 0.797. The lowest BCUT2D eigenvalue weighted by Gasteiger charge is -2.32. The molecule has 0 spiro atoms. The molecule has 0 aromatic heterocycles. The van der Waals surface area contributed by atoms with Crippen LogP contribution in [0.4, 0.5) is 10.1 Å². The maximum Gasteiger partial charge on any atom is 0.243 e. The van der Waals surface area contributed by atoms with Crippen molar-refractivity contribution >= 4 is 15.7 Å². The molecule has 0 saturated carbocycles. The highest BCUT2D eigenvalue weighted by atomic mass is 32.2. The highest BCUT2D eigenvalue weighted by Crippen LogP contribution is 2.31. The van der Waals surface area contributed by atoms with Crippen molar-refractivity contribution in [1.82, 2.24) is 4.31 Å². The number of ether oxygens (including phenoxy) is 2. The number of piperidine rings is 1. The van der Waals surface area contributed by atoms with E-state index in [4.69, 9.17) is 9.47 Å². The minimum Gasteiger partial charge on any atom is -0.497 e. The van der Waals surface area contributed by atoms with Crippen molar-refractivity contribution in [2.75, 3.05) is 32.6 Å². The van der Waals surface area contributed by atoms with Crippen molar-refractivity contribution in [3.05, 3.63) is 48.3 Å². The summed E-state index contributed by atoms with van der Waals surface area (Å²) >= 11 is 0. The van der Waals surface area contributed by atoms with Gasteiger partial charge in [0.15, 0.2) is 0 Å². The largest absolute Gasteiger partial charge is 0.497 e. The molecule has 2 aromatic carbocycles. The Labute approximate surface area is 159 Å². The molecule has 0 bridgehead atoms. The zero-order chi connectivity index (χ0) is 19.4. The summed E-state index contributed by atoms with van der Waals surface area (Å²) in [7, 11) is -0.408. The Morgan fingerprint density at radius 2 is 1.70 bits per heavy atom. The van der Waals surface area contributed by atoms with E-state index >= 15 is 0 Å². The molecular formula is C19H23FN2O4S. The SMILES string of the molecule is COc1ccc(NC2CCN(S(=O)(=O)c3ccc(F)cc3)CC2)c(OC)c1. The lowest BCUT2D eigenvalue weighted by molar-refractivity contribution is 0.328. The molecule has 0 radical (unpaired) electrons. The van der Waals surface area contributed by atoms with Crippen LogP contribution in [-0.2, 0) is 10.0 Å². The molecule has 1 N–H and O–H groups in total. The van der Waals surface area contributed by atoms with Crippen LogP contribution in [0.25, 0.3) is 0 Å². The Morgan fingerprint density at radius 1 is 1.04 bits per heavy atom. The summed E-state index contributed by atoms with van der Waals surface area (Å²) in [6, 6.07) is 10.6. The molecule has 2 aromatic rings. The average Bonchev–Trinajstić information content (AvgIpc) is 2.69. The Hall–Kier alpha value is -2.32. The van der Waals surface area contributed by atoms with E-state index in [1.54, 1.807) is 20.3 Å². The van der Waals surface area contributed by atoms with Crippen LogP contribution in [-0.4, -0.2) is 46.1 Å². The summed E-state index contributed by atoms with van der Waals surface area (Å²) in [4.78, 5) is 0.118. The lowest BCUT2D eigenvalue weighted by Crippen LogP contribution is -2.42. The molecule has 1 aliphatic heterocycles. The van der Waals surface area contributed by atoms with Crippen LogP contribution in [0.3, 0.4) is 0 Å². The van der Waals surface area contributed by atoms with Crippen LogP contribution >= 0.6 is 0 Å². The van der Waals surface area contributed by atoms with Crippen LogP contribution in [0, 0.1) is 5.82 Å². The fourth-order valence-electron chi connectivity index (χ4n) is 3.13. The Morgan fingerprint density at radius 3 is 2.30 bits per heavy atom. The van der Waals surface area contributed by atoms with Gasteiger partial charge in [0.05, 0.1) is 24.8 Å². The number of halogens is 1. The van der Waals surface area contributed by atoms with Gasteiger partial charge in [-0.3, -0.25) is 0 Å². The first-order valence-corrected chi connectivity index (χ1v) is 10.1. The first-order valence-electron chi connectivity index (χ1n) is 8.68. The Kier molecular flexibility index (Phi) is 5.86. The second kappa shape index (κ2) is 8.14. The monoisotopic (exact) mass is 394 g/mol. The van der Waals surface area contributed by atoms with Gasteiger partial charge in [0, 0.05) is 25.2 Å². The number of anilines is 1. The topological polar surface area (TPSA) is 67.9 Å². The predicted molar refractivity (Wildman–Crippen MR) is 101 cm³/mol. The standard InChI is InChI=1S/C19H23FN2O4S/c1-25-16-5-8-18(19(13-16)26-2)21-15-9-11-22(12-10-15)27(23,24)17-6-3-14(20)4-7-17/h3-8,13,15,21H,9-12H2,1-2H3. The summed E-state index contributed by atoms with van der Waals surface area (Å²) < 4.78 is 50.5. The first-order chi connectivity index (χ1) is 12.9. The van der Waals surface area contributed by atoms with Crippen LogP contribution in [0.1, 0.15) is 12.8 Å². The van der Waals surface area contributed by atoms with Crippen molar-refractivity contribution in [3.63, 3.8) is 0 Å². The van der Waals surface area contributed by atoms with Gasteiger partial charge in [0.25, 0.3) is 0 Å². The quantitative estimate of drug-likeness (QED) is 0.815. The third-order valence-electron chi connectivity index (χ3n) is 4.67. The predicted octanol–water partition coefficient (Wildman–Crippen LogP) is 3.11. The molecule has 0 amide bonds. The van der Waals surface area contributed by atoms with Gasteiger partial charge in [-0.15, -0.1) is 0 Å². The number of benzene rings is 2. The van der Waals surface area contributed by atoms with E-state index in [0.717, 1.165) is 17.8 Å². The number of methoxy groups -OCH3 is 2. The number of nitrogens with zero attached hydrogens (tertiary/aromatic N) is 1. The second-order valence-corrected chi connectivity index (χ2v) is 8.28. The van der Waals surface area contributed by atoms with Crippen LogP contribution < -0.4 is 14.8 Å². The van der Waals surface area contributed by atoms with E-state index in [1.807, 2.05) is 12.1 Å². The van der Waals surface area contributed by atoms with Gasteiger partial charge in [0.2, 0.25) is 10.0 Å². The molecule has 1 saturated heterocycles. The van der Waals surface area contributed by atoms with E-state index in [9.17, 15) is 12.8 Å². The van der Waals surface area contributed by atoms with Crippen molar-refractivity contribution in [3.8, 4) is 11.5 Å². The number of sulfonamides is 1. The maximum absolute atomic E-state index is 13.1. The third-order valence-corrected chi connectivity index (χ3v) is 6.59. The first kappa shape index (κ1) is 19.4. The summed E-state index contributed by atoms with van der Waals surface area (Å²) in [5.41, 5.74) is 0.846. The Bertz CT molecular complexity index is 879. The highest BCUT2D eigenvalue weighted by molar-refractivity contribution is 7.89. The second-order valence-electron chi connectivity index (χ2n) is 6.34. The molecule has 6 nitrogen and oxygen atoms in total. The molecule has 1 aliphatic rings. The minimum absolute atomic E-state index is 0.118. The fraction of sp³-hybridized carbons (Fsp3) is 0.368. The fourth-order valence-corrected chi connectivity index (χ4v) is 4.60. The molecule has 0 atom stereocenters. The number of hydrogen-bond acceptors (Lipinski definition) is 5. The Balaban J connectivity index is 1.64. The third kappa shape index (κ3) is 4.33. The van der Waals surface area contributed by atoms with E-state index < -0.39 is 15.8 Å². The van der Waals surface area contributed by atoms with E-state index in [2.05, 4.69) is 5.32 Å². The number of hydrogen-bond donors (Lipinski definition) is 1. The van der Waals surface area contributed by atoms with E-state index in [-0.39, 0.29) is 10.9 Å². The molecule has 27 heavy (non-hydrogen) atoms. The van der Waals surface area contributed by atoms with Crippen molar-refractivity contribution in [2.45, 2.75) is 23.8 Å². The molecule has 146 valence electrons. The van der Waals surface area contributed by atoms with E-state index in [1.165, 1.54) is 16.4 Å². The summed E-state index contributed by atoms with van der Waals surface area (Å²) in [5, 5.41) is 3.42. The van der Waals surface area contributed by atoms with Gasteiger partial charge >= 0.3 is 0 Å². The molecular weight excluding hydrogens is 371 g/mol. The molecule has 1 heterocycles. The van der Waals surface area contributed by atoms with Gasteiger partial charge in [-0.2, -0.15) is 4.31 Å². The van der Waals surface area contributed by atoms with Crippen molar-refractivity contribution < 1.29 is 22.3 Å². The summed E-state index contributed by atoms with van der Waals surface area (Å²) in [6.07, 6.45) is 1.32. The van der Waals surface area contributed by atoms with Crippen LogP contribution in [0.5, 0.6) is 11.5 Å². The highest BCUT2D eigenvalue weighted by Gasteiger charge is 2.29.